The zero-order valence-corrected chi connectivity index (χ0v) is 17.0. The highest BCUT2D eigenvalue weighted by Crippen LogP contribution is 2.31. The van der Waals surface area contributed by atoms with Gasteiger partial charge in [-0.2, -0.15) is 5.26 Å². The van der Waals surface area contributed by atoms with E-state index in [4.69, 9.17) is 0 Å². The van der Waals surface area contributed by atoms with Gasteiger partial charge in [0.25, 0.3) is 5.91 Å². The number of anilines is 1. The predicted octanol–water partition coefficient (Wildman–Crippen LogP) is 4.43. The molecule has 0 aliphatic carbocycles. The van der Waals surface area contributed by atoms with Gasteiger partial charge in [0.1, 0.15) is 6.07 Å². The molecule has 1 amide bonds. The van der Waals surface area contributed by atoms with E-state index in [2.05, 4.69) is 33.1 Å². The standard InChI is InChI=1S/C21H22BrN3O2/c1-13-6-7-25(11-13)12-15-8-16(10-23)20(26)19(9-15)24-21(27)17-4-3-5-18(22)14(17)2/h3-5,8-9,13,26H,6-7,11-12H2,1-2H3,(H,24,27)/t13-/m1/s1. The summed E-state index contributed by atoms with van der Waals surface area (Å²) in [6.07, 6.45) is 1.16. The molecule has 2 N–H and O–H groups in total. The van der Waals surface area contributed by atoms with Crippen LogP contribution in [0, 0.1) is 24.2 Å². The smallest absolute Gasteiger partial charge is 0.256 e. The van der Waals surface area contributed by atoms with E-state index in [0.29, 0.717) is 18.0 Å². The monoisotopic (exact) mass is 427 g/mol. The first kappa shape index (κ1) is 19.4. The van der Waals surface area contributed by atoms with Gasteiger partial charge in [-0.3, -0.25) is 9.69 Å². The van der Waals surface area contributed by atoms with Crippen molar-refractivity contribution in [1.82, 2.24) is 4.90 Å². The Kier molecular flexibility index (Phi) is 5.83. The minimum Gasteiger partial charge on any atom is -0.504 e. The molecule has 0 aromatic heterocycles. The third kappa shape index (κ3) is 4.32. The molecule has 5 nitrogen and oxygen atoms in total. The number of aromatic hydroxyl groups is 1. The number of hydrogen-bond donors (Lipinski definition) is 2. The number of likely N-dealkylation sites (tertiary alicyclic amines) is 1. The van der Waals surface area contributed by atoms with Crippen molar-refractivity contribution in [3.8, 4) is 11.8 Å². The summed E-state index contributed by atoms with van der Waals surface area (Å²) in [6, 6.07) is 10.9. The van der Waals surface area contributed by atoms with Gasteiger partial charge >= 0.3 is 0 Å². The Balaban J connectivity index is 1.87. The first-order chi connectivity index (χ1) is 12.9. The molecule has 1 atom stereocenters. The molecule has 1 aliphatic rings. The van der Waals surface area contributed by atoms with Crippen LogP contribution in [-0.4, -0.2) is 29.0 Å². The van der Waals surface area contributed by atoms with E-state index in [1.165, 1.54) is 0 Å². The molecule has 1 heterocycles. The molecule has 1 fully saturated rings. The van der Waals surface area contributed by atoms with Crippen LogP contribution in [0.4, 0.5) is 5.69 Å². The number of hydrogen-bond acceptors (Lipinski definition) is 4. The molecule has 0 unspecified atom stereocenters. The molecule has 1 aliphatic heterocycles. The number of nitrogens with zero attached hydrogens (tertiary/aromatic N) is 2. The number of phenolic OH excluding ortho intramolecular Hbond substituents is 1. The summed E-state index contributed by atoms with van der Waals surface area (Å²) in [7, 11) is 0. The Morgan fingerprint density at radius 2 is 2.22 bits per heavy atom. The highest BCUT2D eigenvalue weighted by molar-refractivity contribution is 9.10. The zero-order valence-electron chi connectivity index (χ0n) is 15.4. The second-order valence-corrected chi connectivity index (χ2v) is 8.00. The third-order valence-corrected chi connectivity index (χ3v) is 5.82. The Morgan fingerprint density at radius 3 is 2.89 bits per heavy atom. The summed E-state index contributed by atoms with van der Waals surface area (Å²) < 4.78 is 0.842. The minimum absolute atomic E-state index is 0.168. The van der Waals surface area contributed by atoms with Gasteiger partial charge in [-0.05, 0) is 61.2 Å². The summed E-state index contributed by atoms with van der Waals surface area (Å²) in [5.41, 5.74) is 2.67. The van der Waals surface area contributed by atoms with E-state index >= 15 is 0 Å². The fraction of sp³-hybridized carbons (Fsp3) is 0.333. The van der Waals surface area contributed by atoms with Crippen LogP contribution in [0.5, 0.6) is 5.75 Å². The van der Waals surface area contributed by atoms with E-state index in [1.54, 1.807) is 24.3 Å². The minimum atomic E-state index is -0.320. The highest BCUT2D eigenvalue weighted by atomic mass is 79.9. The van der Waals surface area contributed by atoms with Crippen molar-refractivity contribution in [2.45, 2.75) is 26.8 Å². The topological polar surface area (TPSA) is 76.4 Å². The second-order valence-electron chi connectivity index (χ2n) is 7.15. The van der Waals surface area contributed by atoms with Crippen LogP contribution in [0.3, 0.4) is 0 Å². The van der Waals surface area contributed by atoms with Gasteiger partial charge in [-0.25, -0.2) is 0 Å². The maximum atomic E-state index is 12.7. The molecule has 2 aromatic carbocycles. The lowest BCUT2D eigenvalue weighted by Crippen LogP contribution is -2.20. The first-order valence-corrected chi connectivity index (χ1v) is 9.73. The van der Waals surface area contributed by atoms with Crippen molar-refractivity contribution in [1.29, 1.82) is 5.26 Å². The zero-order chi connectivity index (χ0) is 19.6. The second kappa shape index (κ2) is 8.12. The van der Waals surface area contributed by atoms with Gasteiger partial charge in [0.15, 0.2) is 5.75 Å². The molecular weight excluding hydrogens is 406 g/mol. The van der Waals surface area contributed by atoms with Crippen molar-refractivity contribution in [3.05, 3.63) is 57.1 Å². The lowest BCUT2D eigenvalue weighted by molar-refractivity contribution is 0.102. The maximum absolute atomic E-state index is 12.7. The number of phenols is 1. The number of nitrogens with one attached hydrogen (secondary N) is 1. The molecular formula is C21H22BrN3O2. The Labute approximate surface area is 167 Å². The lowest BCUT2D eigenvalue weighted by Gasteiger charge is -2.17. The van der Waals surface area contributed by atoms with Crippen LogP contribution < -0.4 is 5.32 Å². The molecule has 3 rings (SSSR count). The number of nitriles is 1. The molecule has 140 valence electrons. The third-order valence-electron chi connectivity index (χ3n) is 4.96. The fourth-order valence-corrected chi connectivity index (χ4v) is 3.80. The van der Waals surface area contributed by atoms with Crippen molar-refractivity contribution in [2.24, 2.45) is 5.92 Å². The molecule has 1 saturated heterocycles. The lowest BCUT2D eigenvalue weighted by atomic mass is 10.1. The molecule has 2 aromatic rings. The van der Waals surface area contributed by atoms with Crippen LogP contribution in [-0.2, 0) is 6.54 Å². The summed E-state index contributed by atoms with van der Waals surface area (Å²) in [6.45, 7) is 6.80. The summed E-state index contributed by atoms with van der Waals surface area (Å²) in [5, 5.41) is 22.5. The van der Waals surface area contributed by atoms with Crippen molar-refractivity contribution >= 4 is 27.5 Å². The average Bonchev–Trinajstić information content (AvgIpc) is 3.04. The van der Waals surface area contributed by atoms with E-state index in [9.17, 15) is 15.2 Å². The van der Waals surface area contributed by atoms with Gasteiger partial charge in [0, 0.05) is 23.1 Å². The van der Waals surface area contributed by atoms with Crippen LogP contribution in [0.2, 0.25) is 0 Å². The van der Waals surface area contributed by atoms with Crippen LogP contribution in [0.1, 0.15) is 40.4 Å². The number of carbonyl (C=O) groups excluding carboxylic acids is 1. The quantitative estimate of drug-likeness (QED) is 0.707. The summed E-state index contributed by atoms with van der Waals surface area (Å²) in [4.78, 5) is 15.0. The number of halogens is 1. The van der Waals surface area contributed by atoms with Crippen LogP contribution in [0.15, 0.2) is 34.8 Å². The fourth-order valence-electron chi connectivity index (χ4n) is 3.44. The van der Waals surface area contributed by atoms with Gasteiger partial charge in [-0.1, -0.05) is 28.9 Å². The number of carbonyl (C=O) groups is 1. The molecule has 27 heavy (non-hydrogen) atoms. The van der Waals surface area contributed by atoms with E-state index in [0.717, 1.165) is 35.1 Å². The van der Waals surface area contributed by atoms with Crippen LogP contribution >= 0.6 is 15.9 Å². The molecule has 0 saturated carbocycles. The predicted molar refractivity (Wildman–Crippen MR) is 109 cm³/mol. The Morgan fingerprint density at radius 1 is 1.44 bits per heavy atom. The van der Waals surface area contributed by atoms with Crippen molar-refractivity contribution in [2.75, 3.05) is 18.4 Å². The highest BCUT2D eigenvalue weighted by Gasteiger charge is 2.20. The van der Waals surface area contributed by atoms with Crippen molar-refractivity contribution < 1.29 is 9.90 Å². The van der Waals surface area contributed by atoms with Gasteiger partial charge in [-0.15, -0.1) is 0 Å². The molecule has 0 bridgehead atoms. The van der Waals surface area contributed by atoms with Crippen LogP contribution in [0.25, 0.3) is 0 Å². The number of amides is 1. The SMILES string of the molecule is Cc1c(Br)cccc1C(=O)Nc1cc(CN2CC[C@@H](C)C2)cc(C#N)c1O. The normalized spacial score (nSPS) is 16.9. The van der Waals surface area contributed by atoms with Crippen molar-refractivity contribution in [3.63, 3.8) is 0 Å². The first-order valence-electron chi connectivity index (χ1n) is 8.94. The maximum Gasteiger partial charge on any atom is 0.256 e. The number of rotatable bonds is 4. The van der Waals surface area contributed by atoms with Gasteiger partial charge in [0.2, 0.25) is 0 Å². The van der Waals surface area contributed by atoms with E-state index in [-0.39, 0.29) is 22.9 Å². The molecule has 0 spiro atoms. The Bertz CT molecular complexity index is 920. The summed E-state index contributed by atoms with van der Waals surface area (Å²) in [5.74, 6) is 0.146. The molecule has 0 radical (unpaired) electrons. The Hall–Kier alpha value is -2.36. The number of benzene rings is 2. The van der Waals surface area contributed by atoms with E-state index < -0.39 is 0 Å². The van der Waals surface area contributed by atoms with Gasteiger partial charge < -0.3 is 10.4 Å². The van der Waals surface area contributed by atoms with Gasteiger partial charge in [0.05, 0.1) is 11.3 Å². The average molecular weight is 428 g/mol. The van der Waals surface area contributed by atoms with E-state index in [1.807, 2.05) is 19.1 Å². The summed E-state index contributed by atoms with van der Waals surface area (Å²) >= 11 is 3.42. The molecule has 6 heteroatoms. The largest absolute Gasteiger partial charge is 0.504 e.